The summed E-state index contributed by atoms with van der Waals surface area (Å²) in [6.07, 6.45) is 5.13. The molecule has 0 saturated heterocycles. The number of aliphatic carboxylic acids is 1. The Hall–Kier alpha value is -1.84. The van der Waals surface area contributed by atoms with Crippen LogP contribution in [0.4, 0.5) is 0 Å². The first-order chi connectivity index (χ1) is 10.1. The molecule has 1 aromatic carbocycles. The maximum Gasteiger partial charge on any atom is 0.308 e. The number of carbonyl (C=O) groups is 2. The summed E-state index contributed by atoms with van der Waals surface area (Å²) in [5.41, 5.74) is 0.840. The minimum atomic E-state index is -0.898. The van der Waals surface area contributed by atoms with Crippen LogP contribution in [-0.4, -0.2) is 17.0 Å². The average molecular weight is 289 g/mol. The van der Waals surface area contributed by atoms with E-state index >= 15 is 0 Å². The van der Waals surface area contributed by atoms with E-state index in [9.17, 15) is 14.7 Å². The van der Waals surface area contributed by atoms with Gasteiger partial charge in [0.2, 0.25) is 5.91 Å². The van der Waals surface area contributed by atoms with Crippen molar-refractivity contribution in [1.29, 1.82) is 0 Å². The van der Waals surface area contributed by atoms with E-state index in [2.05, 4.69) is 5.32 Å². The van der Waals surface area contributed by atoms with Gasteiger partial charge in [-0.3, -0.25) is 9.59 Å². The van der Waals surface area contributed by atoms with Gasteiger partial charge in [-0.05, 0) is 31.2 Å². The second-order valence-electron chi connectivity index (χ2n) is 5.94. The zero-order valence-electron chi connectivity index (χ0n) is 12.4. The lowest BCUT2D eigenvalue weighted by Crippen LogP contribution is -2.36. The topological polar surface area (TPSA) is 66.4 Å². The zero-order valence-corrected chi connectivity index (χ0v) is 12.4. The van der Waals surface area contributed by atoms with Crippen LogP contribution in [0.25, 0.3) is 0 Å². The van der Waals surface area contributed by atoms with E-state index in [1.165, 1.54) is 12.8 Å². The van der Waals surface area contributed by atoms with Crippen molar-refractivity contribution in [1.82, 2.24) is 5.32 Å². The summed E-state index contributed by atoms with van der Waals surface area (Å²) in [6.45, 7) is 1.63. The van der Waals surface area contributed by atoms with E-state index in [0.717, 1.165) is 18.4 Å². The van der Waals surface area contributed by atoms with Gasteiger partial charge >= 0.3 is 5.97 Å². The number of carboxylic acids is 1. The summed E-state index contributed by atoms with van der Waals surface area (Å²) in [5.74, 6) is -1.13. The second kappa shape index (κ2) is 7.25. The Morgan fingerprint density at radius 2 is 1.86 bits per heavy atom. The lowest BCUT2D eigenvalue weighted by atomic mass is 9.93. The van der Waals surface area contributed by atoms with Crippen LogP contribution in [0.1, 0.15) is 50.6 Å². The molecule has 2 N–H and O–H groups in total. The molecule has 1 saturated carbocycles. The molecular formula is C17H23NO3. The summed E-state index contributed by atoms with van der Waals surface area (Å²) in [6, 6.07) is 8.85. The number of hydrogen-bond acceptors (Lipinski definition) is 2. The summed E-state index contributed by atoms with van der Waals surface area (Å²) in [7, 11) is 0. The highest BCUT2D eigenvalue weighted by atomic mass is 16.4. The number of benzene rings is 1. The fourth-order valence-electron chi connectivity index (χ4n) is 3.01. The van der Waals surface area contributed by atoms with Gasteiger partial charge in [0.25, 0.3) is 0 Å². The first-order valence-corrected chi connectivity index (χ1v) is 7.65. The maximum atomic E-state index is 12.2. The number of rotatable bonds is 6. The first-order valence-electron chi connectivity index (χ1n) is 7.65. The van der Waals surface area contributed by atoms with Crippen LogP contribution < -0.4 is 5.32 Å². The summed E-state index contributed by atoms with van der Waals surface area (Å²) >= 11 is 0. The van der Waals surface area contributed by atoms with Gasteiger partial charge in [0.15, 0.2) is 0 Å². The maximum absolute atomic E-state index is 12.2. The van der Waals surface area contributed by atoms with Crippen LogP contribution in [0.3, 0.4) is 0 Å². The molecule has 114 valence electrons. The first kappa shape index (κ1) is 15.5. The largest absolute Gasteiger partial charge is 0.481 e. The minimum absolute atomic E-state index is 0.0381. The molecule has 0 spiro atoms. The predicted octanol–water partition coefficient (Wildman–Crippen LogP) is 3.14. The molecule has 4 nitrogen and oxygen atoms in total. The molecule has 1 amide bonds. The highest BCUT2D eigenvalue weighted by Gasteiger charge is 2.28. The van der Waals surface area contributed by atoms with E-state index < -0.39 is 17.9 Å². The van der Waals surface area contributed by atoms with Crippen molar-refractivity contribution in [3.8, 4) is 0 Å². The minimum Gasteiger partial charge on any atom is -0.481 e. The van der Waals surface area contributed by atoms with Crippen LogP contribution >= 0.6 is 0 Å². The second-order valence-corrected chi connectivity index (χ2v) is 5.94. The molecule has 0 aliphatic heterocycles. The quantitative estimate of drug-likeness (QED) is 0.845. The Labute approximate surface area is 125 Å². The molecule has 1 aliphatic rings. The smallest absolute Gasteiger partial charge is 0.308 e. The Morgan fingerprint density at radius 3 is 2.43 bits per heavy atom. The number of nitrogens with one attached hydrogen (secondary N) is 1. The van der Waals surface area contributed by atoms with E-state index in [-0.39, 0.29) is 5.91 Å². The van der Waals surface area contributed by atoms with Gasteiger partial charge in [-0.2, -0.15) is 0 Å². The molecular weight excluding hydrogens is 266 g/mol. The number of hydrogen-bond donors (Lipinski definition) is 2. The van der Waals surface area contributed by atoms with Gasteiger partial charge in [0.1, 0.15) is 0 Å². The third-order valence-electron chi connectivity index (χ3n) is 4.31. The Kier molecular flexibility index (Phi) is 5.37. The van der Waals surface area contributed by atoms with Crippen molar-refractivity contribution in [3.63, 3.8) is 0 Å². The molecule has 2 rings (SSSR count). The molecule has 0 radical (unpaired) electrons. The van der Waals surface area contributed by atoms with Crippen molar-refractivity contribution in [2.24, 2.45) is 11.8 Å². The van der Waals surface area contributed by atoms with Crippen LogP contribution in [-0.2, 0) is 9.59 Å². The SMILES string of the molecule is CC(C(=O)O)C(NC(=O)CC1CCCC1)c1ccccc1. The molecule has 0 bridgehead atoms. The van der Waals surface area contributed by atoms with Gasteiger partial charge in [-0.15, -0.1) is 0 Å². The number of amides is 1. The van der Waals surface area contributed by atoms with Gasteiger partial charge in [0, 0.05) is 6.42 Å². The summed E-state index contributed by atoms with van der Waals surface area (Å²) in [4.78, 5) is 23.5. The monoisotopic (exact) mass is 289 g/mol. The molecule has 1 aromatic rings. The average Bonchev–Trinajstić information content (AvgIpc) is 2.97. The zero-order chi connectivity index (χ0) is 15.2. The molecule has 21 heavy (non-hydrogen) atoms. The predicted molar refractivity (Wildman–Crippen MR) is 80.7 cm³/mol. The summed E-state index contributed by atoms with van der Waals surface area (Å²) in [5, 5.41) is 12.2. The van der Waals surface area contributed by atoms with Gasteiger partial charge in [-0.25, -0.2) is 0 Å². The van der Waals surface area contributed by atoms with Crippen molar-refractivity contribution in [2.45, 2.75) is 45.1 Å². The standard InChI is InChI=1S/C17H23NO3/c1-12(17(20)21)16(14-9-3-2-4-10-14)18-15(19)11-13-7-5-6-8-13/h2-4,9-10,12-13,16H,5-8,11H2,1H3,(H,18,19)(H,20,21). The van der Waals surface area contributed by atoms with E-state index in [1.807, 2.05) is 30.3 Å². The van der Waals surface area contributed by atoms with E-state index in [4.69, 9.17) is 0 Å². The highest BCUT2D eigenvalue weighted by Crippen LogP contribution is 2.28. The Morgan fingerprint density at radius 1 is 1.24 bits per heavy atom. The summed E-state index contributed by atoms with van der Waals surface area (Å²) < 4.78 is 0. The third-order valence-corrected chi connectivity index (χ3v) is 4.31. The lowest BCUT2D eigenvalue weighted by Gasteiger charge is -2.23. The van der Waals surface area contributed by atoms with E-state index in [1.54, 1.807) is 6.92 Å². The van der Waals surface area contributed by atoms with Crippen LogP contribution in [0.5, 0.6) is 0 Å². The van der Waals surface area contributed by atoms with Crippen molar-refractivity contribution in [3.05, 3.63) is 35.9 Å². The highest BCUT2D eigenvalue weighted by molar-refractivity contribution is 5.78. The molecule has 1 fully saturated rings. The van der Waals surface area contributed by atoms with Gasteiger partial charge in [0.05, 0.1) is 12.0 Å². The molecule has 2 atom stereocenters. The fraction of sp³-hybridized carbons (Fsp3) is 0.529. The molecule has 1 aliphatic carbocycles. The number of carboxylic acid groups (broad SMARTS) is 1. The molecule has 0 heterocycles. The van der Waals surface area contributed by atoms with Crippen molar-refractivity contribution >= 4 is 11.9 Å². The molecule has 0 aromatic heterocycles. The molecule has 2 unspecified atom stereocenters. The number of carbonyl (C=O) groups excluding carboxylic acids is 1. The van der Waals surface area contributed by atoms with Crippen molar-refractivity contribution < 1.29 is 14.7 Å². The normalized spacial score (nSPS) is 18.1. The van der Waals surface area contributed by atoms with Crippen LogP contribution in [0.15, 0.2) is 30.3 Å². The Balaban J connectivity index is 2.05. The Bertz CT molecular complexity index is 480. The third kappa shape index (κ3) is 4.31. The van der Waals surface area contributed by atoms with Crippen LogP contribution in [0, 0.1) is 11.8 Å². The van der Waals surface area contributed by atoms with Gasteiger partial charge in [-0.1, -0.05) is 43.2 Å². The van der Waals surface area contributed by atoms with Crippen molar-refractivity contribution in [2.75, 3.05) is 0 Å². The lowest BCUT2D eigenvalue weighted by molar-refractivity contribution is -0.142. The van der Waals surface area contributed by atoms with E-state index in [0.29, 0.717) is 12.3 Å². The van der Waals surface area contributed by atoms with Crippen LogP contribution in [0.2, 0.25) is 0 Å². The van der Waals surface area contributed by atoms with Gasteiger partial charge < -0.3 is 10.4 Å². The fourth-order valence-corrected chi connectivity index (χ4v) is 3.01. The molecule has 4 heteroatoms.